The second-order valence-electron chi connectivity index (χ2n) is 17.4. The minimum Gasteiger partial charge on any atom is -0.376 e. The smallest absolute Gasteiger partial charge is 0.333 e. The highest BCUT2D eigenvalue weighted by Crippen LogP contribution is 2.58. The third-order valence-corrected chi connectivity index (χ3v) is 13.6. The molecule has 8 aromatic carbocycles. The molecular formula is C53H41BN2. The van der Waals surface area contributed by atoms with Gasteiger partial charge in [-0.05, 0) is 115 Å². The van der Waals surface area contributed by atoms with Crippen molar-refractivity contribution >= 4 is 57.0 Å². The van der Waals surface area contributed by atoms with Crippen molar-refractivity contribution in [1.29, 1.82) is 0 Å². The molecule has 266 valence electrons. The Balaban J connectivity index is 1.21. The van der Waals surface area contributed by atoms with E-state index in [2.05, 4.69) is 202 Å². The molecule has 12 rings (SSSR count). The van der Waals surface area contributed by atoms with E-state index in [1.807, 2.05) is 0 Å². The van der Waals surface area contributed by atoms with Crippen molar-refractivity contribution in [2.45, 2.75) is 45.4 Å². The van der Waals surface area contributed by atoms with E-state index in [-0.39, 0.29) is 17.7 Å². The minimum absolute atomic E-state index is 0.0471. The number of nitrogens with zero attached hydrogens (tertiary/aromatic N) is 2. The number of fused-ring (bicyclic) bond motifs is 10. The molecule has 2 nitrogen and oxygen atoms in total. The van der Waals surface area contributed by atoms with Gasteiger partial charge in [-0.3, -0.25) is 0 Å². The first-order chi connectivity index (χ1) is 27.2. The van der Waals surface area contributed by atoms with E-state index in [1.165, 1.54) is 111 Å². The highest BCUT2D eigenvalue weighted by Gasteiger charge is 2.51. The minimum atomic E-state index is -0.207. The lowest BCUT2D eigenvalue weighted by molar-refractivity contribution is 0.633. The van der Waals surface area contributed by atoms with Crippen molar-refractivity contribution in [3.05, 3.63) is 186 Å². The summed E-state index contributed by atoms with van der Waals surface area (Å²) in [4.78, 5) is 5.38. The average Bonchev–Trinajstić information content (AvgIpc) is 3.46. The topological polar surface area (TPSA) is 6.48 Å². The molecule has 0 amide bonds. The highest BCUT2D eigenvalue weighted by atomic mass is 15.2. The largest absolute Gasteiger partial charge is 0.376 e. The van der Waals surface area contributed by atoms with Crippen LogP contribution in [0, 0.1) is 6.92 Å². The van der Waals surface area contributed by atoms with Gasteiger partial charge in [0.2, 0.25) is 0 Å². The Labute approximate surface area is 329 Å². The predicted octanol–water partition coefficient (Wildman–Crippen LogP) is 12.5. The fourth-order valence-electron chi connectivity index (χ4n) is 11.1. The SMILES string of the molecule is Cc1cc2c3c(c1)N1c4cc5ccccc5cc4C(C)(C)c4cccc(c41)B3N(c1cccc3c1C(C)(C)c1ccccc1-3)c1cc(-c3ccccc3)ccc1-2. The van der Waals surface area contributed by atoms with Crippen LogP contribution in [0.1, 0.15) is 55.5 Å². The number of benzene rings is 8. The van der Waals surface area contributed by atoms with Gasteiger partial charge >= 0.3 is 6.85 Å². The molecule has 0 unspecified atom stereocenters. The van der Waals surface area contributed by atoms with Crippen LogP contribution in [-0.4, -0.2) is 6.85 Å². The number of hydrogen-bond acceptors (Lipinski definition) is 2. The summed E-state index contributed by atoms with van der Waals surface area (Å²) in [5, 5.41) is 2.56. The van der Waals surface area contributed by atoms with E-state index in [0.717, 1.165) is 0 Å². The van der Waals surface area contributed by atoms with E-state index in [9.17, 15) is 0 Å². The van der Waals surface area contributed by atoms with Crippen molar-refractivity contribution in [2.75, 3.05) is 9.71 Å². The van der Waals surface area contributed by atoms with Crippen LogP contribution in [0.15, 0.2) is 158 Å². The molecule has 8 aromatic rings. The number of anilines is 5. The molecule has 0 fully saturated rings. The Morgan fingerprint density at radius 1 is 0.446 bits per heavy atom. The maximum Gasteiger partial charge on any atom is 0.333 e. The molecule has 0 atom stereocenters. The molecule has 0 aromatic heterocycles. The van der Waals surface area contributed by atoms with Gasteiger partial charge in [-0.2, -0.15) is 0 Å². The van der Waals surface area contributed by atoms with Crippen LogP contribution in [-0.2, 0) is 10.8 Å². The lowest BCUT2D eigenvalue weighted by Gasteiger charge is -2.51. The van der Waals surface area contributed by atoms with Gasteiger partial charge in [0, 0.05) is 39.1 Å². The quantitative estimate of drug-likeness (QED) is 0.164. The molecular weight excluding hydrogens is 675 g/mol. The van der Waals surface area contributed by atoms with Crippen molar-refractivity contribution in [2.24, 2.45) is 0 Å². The van der Waals surface area contributed by atoms with Crippen molar-refractivity contribution in [1.82, 2.24) is 0 Å². The summed E-state index contributed by atoms with van der Waals surface area (Å²) in [6.45, 7) is 11.9. The van der Waals surface area contributed by atoms with E-state index in [0.29, 0.717) is 0 Å². The molecule has 0 spiro atoms. The average molecular weight is 717 g/mol. The first-order valence-corrected chi connectivity index (χ1v) is 20.1. The van der Waals surface area contributed by atoms with Crippen molar-refractivity contribution in [3.63, 3.8) is 0 Å². The second kappa shape index (κ2) is 10.9. The zero-order chi connectivity index (χ0) is 37.7. The molecule has 0 saturated carbocycles. The first kappa shape index (κ1) is 32.0. The maximum absolute atomic E-state index is 2.74. The van der Waals surface area contributed by atoms with E-state index < -0.39 is 0 Å². The maximum atomic E-state index is 2.74. The Hall–Kier alpha value is -6.32. The van der Waals surface area contributed by atoms with Crippen LogP contribution in [0.2, 0.25) is 0 Å². The van der Waals surface area contributed by atoms with E-state index in [4.69, 9.17) is 0 Å². The van der Waals surface area contributed by atoms with Crippen LogP contribution in [0.5, 0.6) is 0 Å². The van der Waals surface area contributed by atoms with Gasteiger partial charge < -0.3 is 9.71 Å². The summed E-state index contributed by atoms with van der Waals surface area (Å²) in [5.41, 5.74) is 23.4. The van der Waals surface area contributed by atoms with Gasteiger partial charge in [-0.25, -0.2) is 0 Å². The molecule has 1 aliphatic carbocycles. The predicted molar refractivity (Wildman–Crippen MR) is 238 cm³/mol. The Morgan fingerprint density at radius 2 is 1.16 bits per heavy atom. The first-order valence-electron chi connectivity index (χ1n) is 20.1. The summed E-state index contributed by atoms with van der Waals surface area (Å²) in [6.07, 6.45) is 0. The van der Waals surface area contributed by atoms with Gasteiger partial charge in [0.15, 0.2) is 0 Å². The zero-order valence-corrected chi connectivity index (χ0v) is 32.5. The van der Waals surface area contributed by atoms with Crippen LogP contribution < -0.4 is 20.6 Å². The number of para-hydroxylation sites is 1. The lowest BCUT2D eigenvalue weighted by atomic mass is 9.42. The van der Waals surface area contributed by atoms with Crippen LogP contribution >= 0.6 is 0 Å². The fraction of sp³-hybridized carbons (Fsp3) is 0.132. The second-order valence-corrected chi connectivity index (χ2v) is 17.4. The zero-order valence-electron chi connectivity index (χ0n) is 32.5. The lowest BCUT2D eigenvalue weighted by Crippen LogP contribution is -2.62. The highest BCUT2D eigenvalue weighted by molar-refractivity contribution is 6.93. The number of hydrogen-bond donors (Lipinski definition) is 0. The fourth-order valence-corrected chi connectivity index (χ4v) is 11.1. The summed E-state index contributed by atoms with van der Waals surface area (Å²) in [6, 6.07) is 59.9. The van der Waals surface area contributed by atoms with Gasteiger partial charge in [-0.1, -0.05) is 155 Å². The van der Waals surface area contributed by atoms with Crippen molar-refractivity contribution < 1.29 is 0 Å². The van der Waals surface area contributed by atoms with Crippen LogP contribution in [0.4, 0.5) is 28.4 Å². The molecule has 3 heterocycles. The van der Waals surface area contributed by atoms with Gasteiger partial charge in [-0.15, -0.1) is 0 Å². The molecule has 3 aliphatic heterocycles. The Bertz CT molecular complexity index is 3010. The third-order valence-electron chi connectivity index (χ3n) is 13.6. The van der Waals surface area contributed by atoms with Crippen LogP contribution in [0.25, 0.3) is 44.2 Å². The van der Waals surface area contributed by atoms with E-state index in [1.54, 1.807) is 0 Å². The van der Waals surface area contributed by atoms with E-state index >= 15 is 0 Å². The molecule has 0 radical (unpaired) electrons. The number of aryl methyl sites for hydroxylation is 1. The Morgan fingerprint density at radius 3 is 2.00 bits per heavy atom. The molecule has 0 bridgehead atoms. The molecule has 0 saturated heterocycles. The van der Waals surface area contributed by atoms with Crippen LogP contribution in [0.3, 0.4) is 0 Å². The molecule has 3 heteroatoms. The summed E-state index contributed by atoms with van der Waals surface area (Å²) >= 11 is 0. The molecule has 4 aliphatic rings. The van der Waals surface area contributed by atoms with Crippen molar-refractivity contribution in [3.8, 4) is 33.4 Å². The van der Waals surface area contributed by atoms with Gasteiger partial charge in [0.1, 0.15) is 0 Å². The Kier molecular flexibility index (Phi) is 6.24. The van der Waals surface area contributed by atoms with Gasteiger partial charge in [0.05, 0.1) is 5.69 Å². The summed E-state index contributed by atoms with van der Waals surface area (Å²) in [7, 11) is 0. The summed E-state index contributed by atoms with van der Waals surface area (Å²) < 4.78 is 0. The summed E-state index contributed by atoms with van der Waals surface area (Å²) in [5.74, 6) is 0. The van der Waals surface area contributed by atoms with Gasteiger partial charge in [0.25, 0.3) is 0 Å². The molecule has 0 N–H and O–H groups in total. The molecule has 56 heavy (non-hydrogen) atoms. The normalized spacial score (nSPS) is 15.8. The number of rotatable bonds is 2. The standard InChI is InChI=1S/C53H41BN2/c1-32-27-40-38-26-25-36(33-15-7-6-8-16-33)30-46(38)56(45-24-13-20-39-37-19-11-12-21-41(37)53(4,5)49(39)45)54-44-23-14-22-42-51(44)55(48(28-32)50(40)54)47-31-35-18-10-9-17-34(35)29-43(47)52(42,2)3/h6-31H,1-5H3. The monoisotopic (exact) mass is 716 g/mol. The third kappa shape index (κ3) is 4.03.